The van der Waals surface area contributed by atoms with E-state index in [0.717, 1.165) is 17.2 Å². The Morgan fingerprint density at radius 3 is 2.53 bits per heavy atom. The van der Waals surface area contributed by atoms with Crippen LogP contribution in [0.25, 0.3) is 5.82 Å². The number of pyridine rings is 1. The smallest absolute Gasteiger partial charge is 0.138 e. The van der Waals surface area contributed by atoms with Gasteiger partial charge in [0.2, 0.25) is 0 Å². The summed E-state index contributed by atoms with van der Waals surface area (Å²) in [6.07, 6.45) is 3.29. The molecule has 0 fully saturated rings. The van der Waals surface area contributed by atoms with Crippen molar-refractivity contribution in [2.45, 2.75) is 13.8 Å². The predicted octanol–water partition coefficient (Wildman–Crippen LogP) is 1.76. The van der Waals surface area contributed by atoms with Gasteiger partial charge in [-0.25, -0.2) is 9.97 Å². The topological polar surface area (TPSA) is 54.5 Å². The lowest BCUT2D eigenvalue weighted by molar-refractivity contribution is 0.949. The van der Waals surface area contributed by atoms with Crippen molar-refractivity contribution in [3.05, 3.63) is 41.6 Å². The highest BCUT2D eigenvalue weighted by molar-refractivity contribution is 5.33. The van der Waals surface area contributed by atoms with Gasteiger partial charge in [-0.05, 0) is 26.0 Å². The summed E-state index contributed by atoms with van der Waals surface area (Å²) < 4.78 is 1.90. The predicted molar refractivity (Wildman–Crippen MR) is 55.5 cm³/mol. The van der Waals surface area contributed by atoms with Gasteiger partial charge in [0.15, 0.2) is 0 Å². The summed E-state index contributed by atoms with van der Waals surface area (Å²) in [7, 11) is 0. The zero-order valence-electron chi connectivity index (χ0n) is 8.60. The molecule has 2 aromatic rings. The fourth-order valence-electron chi connectivity index (χ4n) is 1.32. The Balaban J connectivity index is 2.47. The van der Waals surface area contributed by atoms with Crippen LogP contribution in [0.4, 0.5) is 0 Å². The molecule has 0 bridgehead atoms. The number of nitrogens with zero attached hydrogens (tertiary/aromatic N) is 4. The first-order chi connectivity index (χ1) is 7.22. The van der Waals surface area contributed by atoms with Crippen LogP contribution in [0.5, 0.6) is 0 Å². The van der Waals surface area contributed by atoms with Gasteiger partial charge >= 0.3 is 0 Å². The largest absolute Gasteiger partial charge is 0.287 e. The van der Waals surface area contributed by atoms with E-state index in [4.69, 9.17) is 5.26 Å². The SMILES string of the molecule is Cc1ncn(-c2ccc(C#N)cn2)c1C. The van der Waals surface area contributed by atoms with Crippen molar-refractivity contribution in [2.75, 3.05) is 0 Å². The fraction of sp³-hybridized carbons (Fsp3) is 0.182. The molecule has 4 heteroatoms. The van der Waals surface area contributed by atoms with Crippen molar-refractivity contribution < 1.29 is 0 Å². The molecule has 0 spiro atoms. The van der Waals surface area contributed by atoms with E-state index in [0.29, 0.717) is 5.56 Å². The van der Waals surface area contributed by atoms with Crippen LogP contribution in [-0.2, 0) is 0 Å². The van der Waals surface area contributed by atoms with Crippen LogP contribution in [0, 0.1) is 25.2 Å². The molecule has 2 rings (SSSR count). The highest BCUT2D eigenvalue weighted by Crippen LogP contribution is 2.11. The number of rotatable bonds is 1. The van der Waals surface area contributed by atoms with Crippen LogP contribution in [0.2, 0.25) is 0 Å². The van der Waals surface area contributed by atoms with E-state index in [2.05, 4.69) is 9.97 Å². The molecule has 0 saturated heterocycles. The third kappa shape index (κ3) is 1.59. The number of imidazole rings is 1. The van der Waals surface area contributed by atoms with Gasteiger partial charge in [-0.2, -0.15) is 5.26 Å². The fourth-order valence-corrected chi connectivity index (χ4v) is 1.32. The Kier molecular flexibility index (Phi) is 2.22. The second-order valence-electron chi connectivity index (χ2n) is 3.30. The van der Waals surface area contributed by atoms with Crippen LogP contribution in [-0.4, -0.2) is 14.5 Å². The Morgan fingerprint density at radius 2 is 2.07 bits per heavy atom. The van der Waals surface area contributed by atoms with Crippen molar-refractivity contribution >= 4 is 0 Å². The van der Waals surface area contributed by atoms with Gasteiger partial charge in [-0.3, -0.25) is 4.57 Å². The number of hydrogen-bond acceptors (Lipinski definition) is 3. The lowest BCUT2D eigenvalue weighted by Crippen LogP contribution is -1.98. The molecule has 2 aromatic heterocycles. The zero-order valence-corrected chi connectivity index (χ0v) is 8.60. The average molecular weight is 198 g/mol. The molecular weight excluding hydrogens is 188 g/mol. The highest BCUT2D eigenvalue weighted by Gasteiger charge is 2.04. The molecule has 4 nitrogen and oxygen atoms in total. The van der Waals surface area contributed by atoms with Crippen LogP contribution >= 0.6 is 0 Å². The molecule has 2 heterocycles. The van der Waals surface area contributed by atoms with Crippen molar-refractivity contribution in [3.63, 3.8) is 0 Å². The van der Waals surface area contributed by atoms with Gasteiger partial charge < -0.3 is 0 Å². The van der Waals surface area contributed by atoms with Crippen LogP contribution in [0.15, 0.2) is 24.7 Å². The number of nitriles is 1. The Labute approximate surface area is 87.8 Å². The maximum atomic E-state index is 8.65. The molecule has 0 aliphatic heterocycles. The van der Waals surface area contributed by atoms with Crippen LogP contribution in [0.1, 0.15) is 17.0 Å². The zero-order chi connectivity index (χ0) is 10.8. The van der Waals surface area contributed by atoms with E-state index in [9.17, 15) is 0 Å². The summed E-state index contributed by atoms with van der Waals surface area (Å²) >= 11 is 0. The molecule has 74 valence electrons. The van der Waals surface area contributed by atoms with Crippen LogP contribution < -0.4 is 0 Å². The van der Waals surface area contributed by atoms with E-state index in [1.165, 1.54) is 0 Å². The van der Waals surface area contributed by atoms with E-state index in [1.54, 1.807) is 18.6 Å². The standard InChI is InChI=1S/C11H10N4/c1-8-9(2)15(7-14-8)11-4-3-10(5-12)6-13-11/h3-4,6-7H,1-2H3. The molecule has 0 aliphatic carbocycles. The van der Waals surface area contributed by atoms with Gasteiger partial charge in [0, 0.05) is 11.9 Å². The van der Waals surface area contributed by atoms with E-state index >= 15 is 0 Å². The van der Waals surface area contributed by atoms with Gasteiger partial charge in [-0.1, -0.05) is 0 Å². The Morgan fingerprint density at radius 1 is 1.27 bits per heavy atom. The summed E-state index contributed by atoms with van der Waals surface area (Å²) in [6, 6.07) is 5.60. The van der Waals surface area contributed by atoms with Crippen molar-refractivity contribution in [1.29, 1.82) is 5.26 Å². The summed E-state index contributed by atoms with van der Waals surface area (Å²) in [4.78, 5) is 8.39. The molecule has 0 radical (unpaired) electrons. The molecule has 0 atom stereocenters. The van der Waals surface area contributed by atoms with Crippen LogP contribution in [0.3, 0.4) is 0 Å². The van der Waals surface area contributed by atoms with Crippen molar-refractivity contribution in [3.8, 4) is 11.9 Å². The maximum Gasteiger partial charge on any atom is 0.138 e. The number of aromatic nitrogens is 3. The quantitative estimate of drug-likeness (QED) is 0.701. The minimum Gasteiger partial charge on any atom is -0.287 e. The molecule has 0 aliphatic rings. The summed E-state index contributed by atoms with van der Waals surface area (Å²) in [5, 5.41) is 8.65. The second-order valence-corrected chi connectivity index (χ2v) is 3.30. The highest BCUT2D eigenvalue weighted by atomic mass is 15.1. The molecule has 0 unspecified atom stereocenters. The average Bonchev–Trinajstić information content (AvgIpc) is 2.60. The number of aryl methyl sites for hydroxylation is 1. The normalized spacial score (nSPS) is 9.93. The summed E-state index contributed by atoms with van der Waals surface area (Å²) in [5.74, 6) is 0.784. The first-order valence-electron chi connectivity index (χ1n) is 4.59. The molecule has 15 heavy (non-hydrogen) atoms. The lowest BCUT2D eigenvalue weighted by Gasteiger charge is -2.03. The van der Waals surface area contributed by atoms with Crippen molar-refractivity contribution in [2.24, 2.45) is 0 Å². The van der Waals surface area contributed by atoms with Gasteiger partial charge in [0.1, 0.15) is 18.2 Å². The molecule has 0 N–H and O–H groups in total. The first kappa shape index (κ1) is 9.41. The Bertz CT molecular complexity index is 517. The van der Waals surface area contributed by atoms with Crippen molar-refractivity contribution in [1.82, 2.24) is 14.5 Å². The summed E-state index contributed by atoms with van der Waals surface area (Å²) in [6.45, 7) is 3.94. The van der Waals surface area contributed by atoms with Gasteiger partial charge in [0.05, 0.1) is 11.3 Å². The minimum atomic E-state index is 0.563. The molecule has 0 saturated carbocycles. The first-order valence-corrected chi connectivity index (χ1v) is 4.59. The monoisotopic (exact) mass is 198 g/mol. The van der Waals surface area contributed by atoms with E-state index < -0.39 is 0 Å². The molecular formula is C11H10N4. The lowest BCUT2D eigenvalue weighted by atomic mass is 10.3. The Hall–Kier alpha value is -2.15. The number of hydrogen-bond donors (Lipinski definition) is 0. The van der Waals surface area contributed by atoms with E-state index in [-0.39, 0.29) is 0 Å². The van der Waals surface area contributed by atoms with E-state index in [1.807, 2.05) is 30.6 Å². The maximum absolute atomic E-state index is 8.65. The third-order valence-electron chi connectivity index (χ3n) is 2.38. The van der Waals surface area contributed by atoms with Gasteiger partial charge in [-0.15, -0.1) is 0 Å². The minimum absolute atomic E-state index is 0.563. The molecule has 0 aromatic carbocycles. The summed E-state index contributed by atoms with van der Waals surface area (Å²) in [5.41, 5.74) is 2.61. The third-order valence-corrected chi connectivity index (χ3v) is 2.38. The molecule has 0 amide bonds. The van der Waals surface area contributed by atoms with Gasteiger partial charge in [0.25, 0.3) is 0 Å². The second kappa shape index (κ2) is 3.54.